The molecule has 3 aromatic carbocycles. The summed E-state index contributed by atoms with van der Waals surface area (Å²) >= 11 is 0. The van der Waals surface area contributed by atoms with Crippen molar-refractivity contribution in [1.82, 2.24) is 14.7 Å². The summed E-state index contributed by atoms with van der Waals surface area (Å²) in [5.41, 5.74) is 0.574. The van der Waals surface area contributed by atoms with Gasteiger partial charge in [0, 0.05) is 147 Å². The maximum Gasteiger partial charge on any atom is 0.514 e. The highest BCUT2D eigenvalue weighted by molar-refractivity contribution is 5.78. The first-order chi connectivity index (χ1) is 66.8. The lowest BCUT2D eigenvalue weighted by Gasteiger charge is -2.75. The first-order valence-electron chi connectivity index (χ1n) is 53.2. The number of methoxy groups -OCH3 is 6. The van der Waals surface area contributed by atoms with E-state index in [2.05, 4.69) is 95.2 Å². The van der Waals surface area contributed by atoms with E-state index in [1.165, 1.54) is 78.5 Å². The molecule has 780 valence electrons. The van der Waals surface area contributed by atoms with Crippen LogP contribution >= 0.6 is 0 Å². The Kier molecular flexibility index (Phi) is 28.6. The lowest BCUT2D eigenvalue weighted by molar-refractivity contribution is -0.312. The van der Waals surface area contributed by atoms with Crippen LogP contribution in [0.1, 0.15) is 232 Å². The minimum Gasteiger partial charge on any atom is -0.482 e. The van der Waals surface area contributed by atoms with Crippen LogP contribution in [0.4, 0.5) is 4.79 Å². The fraction of sp³-hybridized carbons (Fsp3) is 0.811. The summed E-state index contributed by atoms with van der Waals surface area (Å²) < 4.78 is 118. The van der Waals surface area contributed by atoms with E-state index in [1.807, 2.05) is 53.2 Å². The van der Waals surface area contributed by atoms with Gasteiger partial charge >= 0.3 is 18.1 Å². The topological polar surface area (TPSA) is 306 Å². The molecular weight excluding hydrogens is 1790 g/mol. The molecule has 29 heteroatoms. The first kappa shape index (κ1) is 103. The number of esters is 2. The molecule has 12 saturated carbocycles. The van der Waals surface area contributed by atoms with Gasteiger partial charge in [0.05, 0.1) is 116 Å². The number of hydrogen-bond donors (Lipinski definition) is 3. The van der Waals surface area contributed by atoms with Crippen LogP contribution in [0.25, 0.3) is 0 Å². The average Bonchev–Trinajstić information content (AvgIpc) is 1.35. The van der Waals surface area contributed by atoms with Crippen LogP contribution < -0.4 is 28.4 Å². The number of aliphatic hydroxyl groups is 3. The molecule has 140 heavy (non-hydrogen) atoms. The number of fused-ring (bicyclic) bond motifs is 6. The Bertz CT molecular complexity index is 4960. The number of hydrogen-bond acceptors (Lipinski definition) is 29. The highest BCUT2D eigenvalue weighted by atomic mass is 16.7. The van der Waals surface area contributed by atoms with Gasteiger partial charge in [-0.15, -0.1) is 0 Å². The standard InChI is InChI=1S/C39H59NO10.C38H57NO9.C34H49NO7/c1-35(2,3)36(4,42)29-24-37-11-12-39(29,44-6)33-38(37)13-14-40(25-26-7-8-26)30(37)23-27-9-10-28(32(50-33)31(27)38)49-34(41)48-22-21-47-20-19-46-18-17-45-16-15-43-5;1-34(2,3)35(4,41)28-22-36-11-12-38(28,43-6)33-37(36)13-14-39(23-25-7-8-25)29(36)21-26-9-10-27(32(48-33)31(26)37)47-30(40)24-46-20-19-45-18-17-44-16-15-42-5;1-30(2,3)31(4,37)24-18-32-11-12-34(24,39-6)29-33(32)13-14-35(19-21-7-8-21)25(32)17-22-9-10-23(28(42-29)27(22)33)41-26(36)20-40-16-15-38-5/h9-10,26,29-30,33,42H,7-8,11-25H2,1-6H3;9-10,25,28-29,33,41H,7-8,11-24H2,1-6H3;9-10,21,24-25,29,37H,7-8,11-20H2,1-6H3/t29-,30-,33-,36+,37-,38+,39-;28-,29-,33-,35+,36-,37+,38-;24-,25-,29-,31+,32-,33+,34-/m111/s1. The van der Waals surface area contributed by atoms with E-state index < -0.39 is 51.7 Å². The molecule has 29 nitrogen and oxygen atoms in total. The molecule has 0 aromatic heterocycles. The maximum atomic E-state index is 13.1. The van der Waals surface area contributed by atoms with Crippen LogP contribution in [-0.4, -0.2) is 319 Å². The summed E-state index contributed by atoms with van der Waals surface area (Å²) in [6.07, 6.45) is 20.5. The molecule has 21 atom stereocenters. The van der Waals surface area contributed by atoms with Gasteiger partial charge in [0.1, 0.15) is 54.9 Å². The fourth-order valence-electron chi connectivity index (χ4n) is 31.3. The third kappa shape index (κ3) is 16.6. The second kappa shape index (κ2) is 38.9. The average molecular weight is 1960 g/mol. The van der Waals surface area contributed by atoms with E-state index in [0.29, 0.717) is 139 Å². The monoisotopic (exact) mass is 1960 g/mol. The van der Waals surface area contributed by atoms with Gasteiger partial charge in [-0.05, 0) is 244 Å². The number of likely N-dealkylation sites (tertiary alicyclic amines) is 3. The predicted octanol–water partition coefficient (Wildman–Crippen LogP) is 13.5. The van der Waals surface area contributed by atoms with Crippen molar-refractivity contribution in [2.75, 3.05) is 201 Å². The zero-order valence-electron chi connectivity index (χ0n) is 87.3. The molecule has 3 N–H and O–H groups in total. The van der Waals surface area contributed by atoms with Crippen LogP contribution in [0.15, 0.2) is 36.4 Å². The van der Waals surface area contributed by atoms with Gasteiger partial charge in [-0.1, -0.05) is 80.5 Å². The summed E-state index contributed by atoms with van der Waals surface area (Å²) in [5, 5.41) is 37.3. The van der Waals surface area contributed by atoms with Crippen molar-refractivity contribution >= 4 is 18.1 Å². The number of carbonyl (C=O) groups excluding carboxylic acids is 3. The van der Waals surface area contributed by atoms with E-state index in [0.717, 1.165) is 147 Å². The Morgan fingerprint density at radius 2 is 0.621 bits per heavy atom. The molecule has 15 fully saturated rings. The zero-order chi connectivity index (χ0) is 99.0. The Morgan fingerprint density at radius 1 is 0.350 bits per heavy atom. The summed E-state index contributed by atoms with van der Waals surface area (Å²) in [6, 6.07) is 13.3. The summed E-state index contributed by atoms with van der Waals surface area (Å²) in [7, 11) is 10.3. The molecule has 0 amide bonds. The lowest BCUT2D eigenvalue weighted by atomic mass is 9.33. The molecule has 6 heterocycles. The van der Waals surface area contributed by atoms with Crippen LogP contribution in [0, 0.1) is 68.0 Å². The molecule has 24 rings (SSSR count). The minimum absolute atomic E-state index is 0.0465. The molecule has 0 unspecified atom stereocenters. The zero-order valence-corrected chi connectivity index (χ0v) is 87.3. The van der Waals surface area contributed by atoms with Gasteiger partial charge in [-0.3, -0.25) is 14.7 Å². The minimum atomic E-state index is -0.998. The molecule has 15 aliphatic carbocycles. The SMILES string of the molecule is COCCOCC(=O)Oc1ccc2c3c1O[C@H]1[C@@]4(OC)CC[C@@]5(C[C@@H]4[C@](C)(O)C(C)(C)C)[C@@H](C2)N(CC2CC2)CC[C@]315.COCCOCCOCCOCC(=O)Oc1ccc2c3c1O[C@H]1[C@@]4(OC)CC[C@@]5(C[C@@H]4[C@](C)(O)C(C)(C)C)[C@@H](C2)N(CC2CC2)CC[C@]315.COCCOCCOCCOCCOC(=O)Oc1ccc2c3c1O[C@H]1[C@@]4(OC)CC[C@@]5(C[C@@H]4[C@](C)(O)C(C)(C)C)[C@@H](C2)N(CC2CC2)CC[C@]315. The summed E-state index contributed by atoms with van der Waals surface area (Å²) in [6.45, 7) is 38.1. The summed E-state index contributed by atoms with van der Waals surface area (Å²) in [4.78, 5) is 47.4. The van der Waals surface area contributed by atoms with Crippen molar-refractivity contribution in [3.63, 3.8) is 0 Å². The van der Waals surface area contributed by atoms with Crippen molar-refractivity contribution in [2.24, 2.45) is 68.0 Å². The second-order valence-electron chi connectivity index (χ2n) is 48.6. The number of nitrogens with zero attached hydrogens (tertiary/aromatic N) is 3. The number of piperidine rings is 3. The largest absolute Gasteiger partial charge is 0.514 e. The lowest BCUT2D eigenvalue weighted by Crippen LogP contribution is -2.83. The van der Waals surface area contributed by atoms with Gasteiger partial charge < -0.3 is 110 Å². The summed E-state index contributed by atoms with van der Waals surface area (Å²) in [5.74, 6) is 4.54. The highest BCUT2D eigenvalue weighted by Gasteiger charge is 2.87. The quantitative estimate of drug-likeness (QED) is 0.0205. The molecule has 12 bridgehead atoms. The van der Waals surface area contributed by atoms with Crippen molar-refractivity contribution in [1.29, 1.82) is 0 Å². The van der Waals surface area contributed by atoms with E-state index in [1.54, 1.807) is 28.4 Å². The Hall–Kier alpha value is -5.49. The van der Waals surface area contributed by atoms with E-state index >= 15 is 0 Å². The first-order valence-corrected chi connectivity index (χ1v) is 53.2. The fourth-order valence-corrected chi connectivity index (χ4v) is 31.3. The molecule has 3 saturated heterocycles. The van der Waals surface area contributed by atoms with Crippen LogP contribution in [0.2, 0.25) is 0 Å². The Labute approximate surface area is 830 Å². The van der Waals surface area contributed by atoms with Gasteiger partial charge in [0.2, 0.25) is 0 Å². The predicted molar refractivity (Wildman–Crippen MR) is 520 cm³/mol. The second-order valence-corrected chi connectivity index (χ2v) is 48.6. The molecule has 6 spiro atoms. The highest BCUT2D eigenvalue weighted by Crippen LogP contribution is 2.83. The third-order valence-corrected chi connectivity index (χ3v) is 39.8. The van der Waals surface area contributed by atoms with Gasteiger partial charge in [-0.25, -0.2) is 14.4 Å². The third-order valence-electron chi connectivity index (χ3n) is 39.8. The molecule has 21 aliphatic rings. The normalized spacial score (nSPS) is 35.0. The van der Waals surface area contributed by atoms with Crippen molar-refractivity contribution in [3.8, 4) is 34.5 Å². The van der Waals surface area contributed by atoms with E-state index in [4.69, 9.17) is 94.7 Å². The van der Waals surface area contributed by atoms with Crippen LogP contribution in [0.5, 0.6) is 34.5 Å². The number of rotatable bonds is 43. The van der Waals surface area contributed by atoms with Crippen molar-refractivity contribution < 1.29 is 124 Å². The van der Waals surface area contributed by atoms with Gasteiger partial charge in [-0.2, -0.15) is 0 Å². The Morgan fingerprint density at radius 3 is 0.900 bits per heavy atom. The van der Waals surface area contributed by atoms with E-state index in [9.17, 15) is 29.7 Å². The Balaban J connectivity index is 0.000000134. The van der Waals surface area contributed by atoms with Crippen LogP contribution in [-0.2, 0) is 111 Å². The molecular formula is C111H165N3O26. The van der Waals surface area contributed by atoms with Crippen molar-refractivity contribution in [2.45, 2.75) is 304 Å². The molecule has 0 radical (unpaired) electrons. The van der Waals surface area contributed by atoms with E-state index in [-0.39, 0.29) is 118 Å². The number of benzene rings is 3. The van der Waals surface area contributed by atoms with Crippen molar-refractivity contribution in [3.05, 3.63) is 69.8 Å². The van der Waals surface area contributed by atoms with Gasteiger partial charge in [0.15, 0.2) is 34.5 Å². The molecule has 6 aliphatic heterocycles. The van der Waals surface area contributed by atoms with Crippen LogP contribution in [0.3, 0.4) is 0 Å². The molecule has 3 aromatic rings. The number of ether oxygens (including phenoxy) is 20. The smallest absolute Gasteiger partial charge is 0.482 e. The van der Waals surface area contributed by atoms with Gasteiger partial charge in [0.25, 0.3) is 0 Å². The number of carbonyl (C=O) groups is 3. The maximum absolute atomic E-state index is 13.1.